The van der Waals surface area contributed by atoms with Crippen LogP contribution >= 0.6 is 11.6 Å². The molecule has 104 valence electrons. The molecule has 0 atom stereocenters. The van der Waals surface area contributed by atoms with Crippen LogP contribution in [0, 0.1) is 22.9 Å². The Morgan fingerprint density at radius 3 is 2.70 bits per heavy atom. The van der Waals surface area contributed by atoms with Gasteiger partial charge in [0.1, 0.15) is 5.82 Å². The minimum Gasteiger partial charge on any atom is -0.381 e. The van der Waals surface area contributed by atoms with Crippen molar-refractivity contribution in [3.63, 3.8) is 0 Å². The number of rotatable bonds is 4. The molecular formula is C14H12ClFN2O2. The van der Waals surface area contributed by atoms with Gasteiger partial charge in [0.2, 0.25) is 0 Å². The van der Waals surface area contributed by atoms with E-state index in [1.807, 2.05) is 0 Å². The Morgan fingerprint density at radius 2 is 2.10 bits per heavy atom. The molecule has 0 aliphatic carbocycles. The van der Waals surface area contributed by atoms with Gasteiger partial charge in [0, 0.05) is 35.0 Å². The third-order valence-electron chi connectivity index (χ3n) is 2.94. The van der Waals surface area contributed by atoms with Crippen LogP contribution < -0.4 is 5.32 Å². The van der Waals surface area contributed by atoms with Crippen LogP contribution in [0.25, 0.3) is 0 Å². The van der Waals surface area contributed by atoms with Crippen molar-refractivity contribution in [2.24, 2.45) is 0 Å². The van der Waals surface area contributed by atoms with Crippen molar-refractivity contribution in [2.45, 2.75) is 13.5 Å². The minimum absolute atomic E-state index is 0.0250. The van der Waals surface area contributed by atoms with E-state index in [1.54, 1.807) is 19.1 Å². The highest BCUT2D eigenvalue weighted by molar-refractivity contribution is 6.31. The second-order valence-electron chi connectivity index (χ2n) is 4.31. The lowest BCUT2D eigenvalue weighted by Gasteiger charge is -2.11. The van der Waals surface area contributed by atoms with Gasteiger partial charge in [-0.3, -0.25) is 10.1 Å². The Kier molecular flexibility index (Phi) is 4.20. The van der Waals surface area contributed by atoms with Gasteiger partial charge in [0.25, 0.3) is 5.69 Å². The maximum absolute atomic E-state index is 13.6. The van der Waals surface area contributed by atoms with E-state index in [-0.39, 0.29) is 18.0 Å². The first kappa shape index (κ1) is 14.3. The summed E-state index contributed by atoms with van der Waals surface area (Å²) in [4.78, 5) is 10.2. The Morgan fingerprint density at radius 1 is 1.35 bits per heavy atom. The lowest BCUT2D eigenvalue weighted by Crippen LogP contribution is -2.04. The molecule has 0 saturated heterocycles. The first-order chi connectivity index (χ1) is 9.49. The molecule has 20 heavy (non-hydrogen) atoms. The minimum atomic E-state index is -0.454. The predicted octanol–water partition coefficient (Wildman–Crippen LogP) is 4.31. The molecule has 0 unspecified atom stereocenters. The van der Waals surface area contributed by atoms with Crippen LogP contribution in [0.5, 0.6) is 0 Å². The fourth-order valence-electron chi connectivity index (χ4n) is 1.84. The predicted molar refractivity (Wildman–Crippen MR) is 76.6 cm³/mol. The summed E-state index contributed by atoms with van der Waals surface area (Å²) in [5.74, 6) is -0.385. The van der Waals surface area contributed by atoms with E-state index < -0.39 is 4.92 Å². The lowest BCUT2D eigenvalue weighted by atomic mass is 10.1. The number of hydrogen-bond acceptors (Lipinski definition) is 3. The summed E-state index contributed by atoms with van der Waals surface area (Å²) in [7, 11) is 0. The van der Waals surface area contributed by atoms with E-state index in [2.05, 4.69) is 5.32 Å². The van der Waals surface area contributed by atoms with Gasteiger partial charge in [-0.15, -0.1) is 0 Å². The normalized spacial score (nSPS) is 10.3. The average Bonchev–Trinajstić information content (AvgIpc) is 2.39. The molecule has 0 heterocycles. The Labute approximate surface area is 120 Å². The summed E-state index contributed by atoms with van der Waals surface area (Å²) in [6, 6.07) is 8.96. The quantitative estimate of drug-likeness (QED) is 0.675. The molecule has 2 aromatic carbocycles. The smallest absolute Gasteiger partial charge is 0.269 e. The van der Waals surface area contributed by atoms with Crippen LogP contribution in [0.4, 0.5) is 15.8 Å². The summed E-state index contributed by atoms with van der Waals surface area (Å²) in [6.07, 6.45) is 0. The summed E-state index contributed by atoms with van der Waals surface area (Å²) in [5.41, 5.74) is 1.81. The molecule has 0 radical (unpaired) electrons. The Balaban J connectivity index is 2.17. The van der Waals surface area contributed by atoms with Crippen molar-refractivity contribution in [1.82, 2.24) is 0 Å². The van der Waals surface area contributed by atoms with Crippen LogP contribution in [0.3, 0.4) is 0 Å². The molecule has 2 aromatic rings. The third kappa shape index (κ3) is 3.05. The highest BCUT2D eigenvalue weighted by Gasteiger charge is 2.10. The van der Waals surface area contributed by atoms with Gasteiger partial charge < -0.3 is 5.32 Å². The highest BCUT2D eigenvalue weighted by atomic mass is 35.5. The van der Waals surface area contributed by atoms with E-state index in [0.29, 0.717) is 21.8 Å². The van der Waals surface area contributed by atoms with Gasteiger partial charge in [0.05, 0.1) is 4.92 Å². The first-order valence-corrected chi connectivity index (χ1v) is 6.28. The second-order valence-corrected chi connectivity index (χ2v) is 4.72. The number of aryl methyl sites for hydroxylation is 1. The topological polar surface area (TPSA) is 55.2 Å². The van der Waals surface area contributed by atoms with E-state index in [0.717, 1.165) is 0 Å². The molecule has 0 spiro atoms. The molecule has 0 aliphatic heterocycles. The largest absolute Gasteiger partial charge is 0.381 e. The zero-order chi connectivity index (χ0) is 14.7. The van der Waals surface area contributed by atoms with Crippen molar-refractivity contribution in [3.05, 3.63) is 68.5 Å². The SMILES string of the molecule is Cc1cc([N+](=O)[O-])ccc1NCc1c(F)cccc1Cl. The number of anilines is 1. The Hall–Kier alpha value is -2.14. The Bertz CT molecular complexity index is 641. The molecule has 0 amide bonds. The number of hydrogen-bond donors (Lipinski definition) is 1. The second kappa shape index (κ2) is 5.88. The van der Waals surface area contributed by atoms with Crippen LogP contribution in [-0.4, -0.2) is 4.92 Å². The van der Waals surface area contributed by atoms with Crippen LogP contribution in [0.15, 0.2) is 36.4 Å². The molecule has 0 aromatic heterocycles. The summed E-state index contributed by atoms with van der Waals surface area (Å²) < 4.78 is 13.6. The number of benzene rings is 2. The van der Waals surface area contributed by atoms with E-state index in [9.17, 15) is 14.5 Å². The lowest BCUT2D eigenvalue weighted by molar-refractivity contribution is -0.384. The molecule has 0 saturated carbocycles. The van der Waals surface area contributed by atoms with E-state index in [1.165, 1.54) is 24.3 Å². The number of nitrogens with one attached hydrogen (secondary N) is 1. The van der Waals surface area contributed by atoms with Crippen molar-refractivity contribution in [1.29, 1.82) is 0 Å². The van der Waals surface area contributed by atoms with Crippen molar-refractivity contribution >= 4 is 23.0 Å². The summed E-state index contributed by atoms with van der Waals surface area (Å²) in [5, 5.41) is 14.0. The maximum atomic E-state index is 13.6. The molecule has 1 N–H and O–H groups in total. The van der Waals surface area contributed by atoms with Crippen molar-refractivity contribution in [3.8, 4) is 0 Å². The number of nitro groups is 1. The molecular weight excluding hydrogens is 283 g/mol. The fourth-order valence-corrected chi connectivity index (χ4v) is 2.07. The van der Waals surface area contributed by atoms with Crippen molar-refractivity contribution < 1.29 is 9.31 Å². The molecule has 0 fully saturated rings. The molecule has 0 bridgehead atoms. The average molecular weight is 295 g/mol. The standard InChI is InChI=1S/C14H12ClFN2O2/c1-9-7-10(18(19)20)5-6-14(9)17-8-11-12(15)3-2-4-13(11)16/h2-7,17H,8H2,1H3. The monoisotopic (exact) mass is 294 g/mol. The number of non-ortho nitro benzene ring substituents is 1. The first-order valence-electron chi connectivity index (χ1n) is 5.91. The van der Waals surface area contributed by atoms with E-state index in [4.69, 9.17) is 11.6 Å². The van der Waals surface area contributed by atoms with Crippen LogP contribution in [-0.2, 0) is 6.54 Å². The van der Waals surface area contributed by atoms with Crippen LogP contribution in [0.2, 0.25) is 5.02 Å². The number of nitrogens with zero attached hydrogens (tertiary/aromatic N) is 1. The summed E-state index contributed by atoms with van der Waals surface area (Å²) >= 11 is 5.93. The van der Waals surface area contributed by atoms with Gasteiger partial charge >= 0.3 is 0 Å². The molecule has 0 aliphatic rings. The van der Waals surface area contributed by atoms with E-state index >= 15 is 0 Å². The maximum Gasteiger partial charge on any atom is 0.269 e. The van der Waals surface area contributed by atoms with Gasteiger partial charge in [-0.25, -0.2) is 4.39 Å². The highest BCUT2D eigenvalue weighted by Crippen LogP contribution is 2.24. The van der Waals surface area contributed by atoms with Gasteiger partial charge in [-0.2, -0.15) is 0 Å². The third-order valence-corrected chi connectivity index (χ3v) is 3.29. The van der Waals surface area contributed by atoms with Gasteiger partial charge in [-0.1, -0.05) is 17.7 Å². The number of halogens is 2. The fraction of sp³-hybridized carbons (Fsp3) is 0.143. The van der Waals surface area contributed by atoms with Gasteiger partial charge in [0.15, 0.2) is 0 Å². The van der Waals surface area contributed by atoms with Gasteiger partial charge in [-0.05, 0) is 30.7 Å². The summed E-state index contributed by atoms with van der Waals surface area (Å²) in [6.45, 7) is 1.96. The molecule has 4 nitrogen and oxygen atoms in total. The zero-order valence-electron chi connectivity index (χ0n) is 10.7. The van der Waals surface area contributed by atoms with Crippen LogP contribution in [0.1, 0.15) is 11.1 Å². The molecule has 2 rings (SSSR count). The molecule has 6 heteroatoms. The zero-order valence-corrected chi connectivity index (χ0v) is 11.4. The number of nitro benzene ring substituents is 1. The van der Waals surface area contributed by atoms with Crippen molar-refractivity contribution in [2.75, 3.05) is 5.32 Å².